The number of hydrogen-bond acceptors (Lipinski definition) is 1. The van der Waals surface area contributed by atoms with Gasteiger partial charge in [0.25, 0.3) is 0 Å². The molecule has 2 aromatic carbocycles. The summed E-state index contributed by atoms with van der Waals surface area (Å²) in [6, 6.07) is 14.6. The average molecular weight is 198 g/mol. The van der Waals surface area contributed by atoms with Gasteiger partial charge < -0.3 is 4.79 Å². The number of aldehydes is 1. The Bertz CT molecular complexity index is 468. The maximum Gasteiger partial charge on any atom is 0.120 e. The molecular weight excluding hydrogens is 184 g/mol. The molecule has 0 radical (unpaired) electrons. The molecule has 0 amide bonds. The molecule has 1 atom stereocenters. The first kappa shape index (κ1) is 9.91. The summed E-state index contributed by atoms with van der Waals surface area (Å²) in [6.07, 6.45) is 1.58. The molecule has 0 aromatic heterocycles. The van der Waals surface area contributed by atoms with Crippen molar-refractivity contribution in [3.63, 3.8) is 0 Å². The van der Waals surface area contributed by atoms with Crippen molar-refractivity contribution < 1.29 is 4.79 Å². The monoisotopic (exact) mass is 198 g/mol. The topological polar surface area (TPSA) is 17.1 Å². The molecule has 0 aliphatic rings. The Hall–Kier alpha value is -1.63. The van der Waals surface area contributed by atoms with Crippen molar-refractivity contribution in [3.8, 4) is 0 Å². The van der Waals surface area contributed by atoms with Crippen LogP contribution in [0.2, 0.25) is 0 Å². The van der Waals surface area contributed by atoms with Gasteiger partial charge in [0.1, 0.15) is 6.29 Å². The SMILES string of the molecule is C[C@H](CC=O)c1cccc2ccccc12. The van der Waals surface area contributed by atoms with Crippen molar-refractivity contribution in [1.29, 1.82) is 0 Å². The van der Waals surface area contributed by atoms with E-state index in [4.69, 9.17) is 0 Å². The third-order valence-corrected chi connectivity index (χ3v) is 2.80. The number of carbonyl (C=O) groups excluding carboxylic acids is 1. The molecule has 15 heavy (non-hydrogen) atoms. The molecule has 0 bridgehead atoms. The lowest BCUT2D eigenvalue weighted by atomic mass is 9.93. The molecule has 0 spiro atoms. The molecule has 0 saturated heterocycles. The Kier molecular flexibility index (Phi) is 2.82. The molecule has 1 heteroatoms. The number of fused-ring (bicyclic) bond motifs is 1. The van der Waals surface area contributed by atoms with Crippen LogP contribution in [-0.4, -0.2) is 6.29 Å². The number of rotatable bonds is 3. The van der Waals surface area contributed by atoms with E-state index in [1.54, 1.807) is 0 Å². The molecule has 76 valence electrons. The Morgan fingerprint density at radius 1 is 1.13 bits per heavy atom. The fourth-order valence-electron chi connectivity index (χ4n) is 1.95. The third kappa shape index (κ3) is 1.91. The van der Waals surface area contributed by atoms with Crippen molar-refractivity contribution >= 4 is 17.1 Å². The molecular formula is C14H14O. The van der Waals surface area contributed by atoms with Gasteiger partial charge in [-0.1, -0.05) is 49.4 Å². The zero-order valence-corrected chi connectivity index (χ0v) is 8.81. The first-order chi connectivity index (χ1) is 7.33. The predicted molar refractivity (Wildman–Crippen MR) is 63.0 cm³/mol. The highest BCUT2D eigenvalue weighted by Crippen LogP contribution is 2.26. The second-order valence-corrected chi connectivity index (χ2v) is 3.87. The maximum absolute atomic E-state index is 10.5. The zero-order valence-electron chi connectivity index (χ0n) is 8.81. The third-order valence-electron chi connectivity index (χ3n) is 2.80. The molecule has 0 saturated carbocycles. The first-order valence-corrected chi connectivity index (χ1v) is 5.24. The summed E-state index contributed by atoms with van der Waals surface area (Å²) in [7, 11) is 0. The average Bonchev–Trinajstić information content (AvgIpc) is 2.28. The second kappa shape index (κ2) is 4.26. The maximum atomic E-state index is 10.5. The van der Waals surface area contributed by atoms with Crippen LogP contribution in [0.4, 0.5) is 0 Å². The largest absolute Gasteiger partial charge is 0.303 e. The van der Waals surface area contributed by atoms with Crippen molar-refractivity contribution in [2.24, 2.45) is 0 Å². The van der Waals surface area contributed by atoms with Gasteiger partial charge in [-0.2, -0.15) is 0 Å². The van der Waals surface area contributed by atoms with Crippen LogP contribution in [0.1, 0.15) is 24.8 Å². The van der Waals surface area contributed by atoms with Gasteiger partial charge in [0.15, 0.2) is 0 Å². The van der Waals surface area contributed by atoms with E-state index in [9.17, 15) is 4.79 Å². The van der Waals surface area contributed by atoms with Crippen LogP contribution in [0.15, 0.2) is 42.5 Å². The Labute approximate surface area is 89.7 Å². The lowest BCUT2D eigenvalue weighted by molar-refractivity contribution is -0.108. The standard InChI is InChI=1S/C14H14O/c1-11(9-10-15)13-8-4-6-12-5-2-3-7-14(12)13/h2-8,10-11H,9H2,1H3/t11-/m1/s1. The lowest BCUT2D eigenvalue weighted by Crippen LogP contribution is -1.95. The number of benzene rings is 2. The molecule has 2 aromatic rings. The minimum Gasteiger partial charge on any atom is -0.303 e. The van der Waals surface area contributed by atoms with Crippen LogP contribution in [-0.2, 0) is 4.79 Å². The predicted octanol–water partition coefficient (Wildman–Crippen LogP) is 3.53. The van der Waals surface area contributed by atoms with Crippen LogP contribution in [0.5, 0.6) is 0 Å². The highest BCUT2D eigenvalue weighted by Gasteiger charge is 2.07. The highest BCUT2D eigenvalue weighted by atomic mass is 16.1. The molecule has 0 aliphatic carbocycles. The molecule has 0 fully saturated rings. The Morgan fingerprint density at radius 2 is 1.87 bits per heavy atom. The molecule has 0 unspecified atom stereocenters. The summed E-state index contributed by atoms with van der Waals surface area (Å²) in [5.74, 6) is 0.300. The summed E-state index contributed by atoms with van der Waals surface area (Å²) in [4.78, 5) is 10.5. The minimum atomic E-state index is 0.300. The van der Waals surface area contributed by atoms with Gasteiger partial charge in [0.2, 0.25) is 0 Å². The summed E-state index contributed by atoms with van der Waals surface area (Å²) >= 11 is 0. The van der Waals surface area contributed by atoms with Gasteiger partial charge in [0.05, 0.1) is 0 Å². The fraction of sp³-hybridized carbons (Fsp3) is 0.214. The zero-order chi connectivity index (χ0) is 10.7. The smallest absolute Gasteiger partial charge is 0.120 e. The van der Waals surface area contributed by atoms with E-state index >= 15 is 0 Å². The van der Waals surface area contributed by atoms with Crippen LogP contribution in [0, 0.1) is 0 Å². The van der Waals surface area contributed by atoms with Crippen LogP contribution < -0.4 is 0 Å². The summed E-state index contributed by atoms with van der Waals surface area (Å²) < 4.78 is 0. The van der Waals surface area contributed by atoms with Crippen molar-refractivity contribution in [1.82, 2.24) is 0 Å². The first-order valence-electron chi connectivity index (χ1n) is 5.24. The second-order valence-electron chi connectivity index (χ2n) is 3.87. The van der Waals surface area contributed by atoms with E-state index in [-0.39, 0.29) is 0 Å². The van der Waals surface area contributed by atoms with Crippen LogP contribution >= 0.6 is 0 Å². The van der Waals surface area contributed by atoms with E-state index in [2.05, 4.69) is 37.3 Å². The fourth-order valence-corrected chi connectivity index (χ4v) is 1.95. The van der Waals surface area contributed by atoms with E-state index < -0.39 is 0 Å². The van der Waals surface area contributed by atoms with Crippen molar-refractivity contribution in [3.05, 3.63) is 48.0 Å². The molecule has 1 nitrogen and oxygen atoms in total. The molecule has 0 heterocycles. The van der Waals surface area contributed by atoms with E-state index in [1.807, 2.05) is 12.1 Å². The Balaban J connectivity index is 2.55. The number of carbonyl (C=O) groups is 1. The van der Waals surface area contributed by atoms with Gasteiger partial charge >= 0.3 is 0 Å². The van der Waals surface area contributed by atoms with Gasteiger partial charge in [-0.05, 0) is 22.3 Å². The van der Waals surface area contributed by atoms with Gasteiger partial charge in [-0.15, -0.1) is 0 Å². The molecule has 0 aliphatic heterocycles. The van der Waals surface area contributed by atoms with Gasteiger partial charge in [-0.25, -0.2) is 0 Å². The summed E-state index contributed by atoms with van der Waals surface area (Å²) in [5.41, 5.74) is 1.26. The molecule has 0 N–H and O–H groups in total. The van der Waals surface area contributed by atoms with Crippen molar-refractivity contribution in [2.75, 3.05) is 0 Å². The van der Waals surface area contributed by atoms with E-state index in [1.165, 1.54) is 16.3 Å². The van der Waals surface area contributed by atoms with E-state index in [0.29, 0.717) is 12.3 Å². The number of hydrogen-bond donors (Lipinski definition) is 0. The van der Waals surface area contributed by atoms with Crippen LogP contribution in [0.25, 0.3) is 10.8 Å². The van der Waals surface area contributed by atoms with Crippen molar-refractivity contribution in [2.45, 2.75) is 19.3 Å². The minimum absolute atomic E-state index is 0.300. The Morgan fingerprint density at radius 3 is 2.67 bits per heavy atom. The van der Waals surface area contributed by atoms with E-state index in [0.717, 1.165) is 6.29 Å². The van der Waals surface area contributed by atoms with Gasteiger partial charge in [-0.3, -0.25) is 0 Å². The van der Waals surface area contributed by atoms with Crippen LogP contribution in [0.3, 0.4) is 0 Å². The lowest BCUT2D eigenvalue weighted by Gasteiger charge is -2.11. The summed E-state index contributed by atoms with van der Waals surface area (Å²) in [5, 5.41) is 2.50. The van der Waals surface area contributed by atoms with Gasteiger partial charge in [0, 0.05) is 6.42 Å². The summed E-state index contributed by atoms with van der Waals surface area (Å²) in [6.45, 7) is 2.09. The highest BCUT2D eigenvalue weighted by molar-refractivity contribution is 5.86. The molecule has 2 rings (SSSR count). The quantitative estimate of drug-likeness (QED) is 0.689. The normalized spacial score (nSPS) is 12.6.